The SMILES string of the molecule is CC(C)(C)CC(C)(C)NC1=C(c2cccs2)NC(c2ccc(F)cc2)S1. The minimum atomic E-state index is -0.201. The number of benzene rings is 1. The minimum absolute atomic E-state index is 0.0253. The second kappa shape index (κ2) is 7.28. The van der Waals surface area contributed by atoms with Gasteiger partial charge in [0.25, 0.3) is 0 Å². The van der Waals surface area contributed by atoms with Gasteiger partial charge in [-0.2, -0.15) is 0 Å². The fourth-order valence-corrected chi connectivity index (χ4v) is 5.70. The topological polar surface area (TPSA) is 24.1 Å². The minimum Gasteiger partial charge on any atom is -0.373 e. The third kappa shape index (κ3) is 4.83. The third-order valence-corrected chi connectivity index (χ3v) is 6.16. The highest BCUT2D eigenvalue weighted by atomic mass is 32.2. The molecule has 0 amide bonds. The van der Waals surface area contributed by atoms with Gasteiger partial charge in [-0.3, -0.25) is 0 Å². The summed E-state index contributed by atoms with van der Waals surface area (Å²) >= 11 is 3.50. The predicted octanol–water partition coefficient (Wildman–Crippen LogP) is 6.35. The molecule has 2 heterocycles. The van der Waals surface area contributed by atoms with Crippen LogP contribution in [0.3, 0.4) is 0 Å². The Bertz CT molecular complexity index is 771. The van der Waals surface area contributed by atoms with Crippen LogP contribution in [0.25, 0.3) is 5.70 Å². The van der Waals surface area contributed by atoms with Crippen LogP contribution in [-0.2, 0) is 0 Å². The van der Waals surface area contributed by atoms with Gasteiger partial charge in [-0.05, 0) is 54.8 Å². The summed E-state index contributed by atoms with van der Waals surface area (Å²) in [4.78, 5) is 1.22. The van der Waals surface area contributed by atoms with Crippen molar-refractivity contribution >= 4 is 28.8 Å². The summed E-state index contributed by atoms with van der Waals surface area (Å²) in [6, 6.07) is 11.0. The van der Waals surface area contributed by atoms with Crippen LogP contribution in [0.2, 0.25) is 0 Å². The molecule has 1 aliphatic heterocycles. The van der Waals surface area contributed by atoms with Gasteiger partial charge in [0, 0.05) is 5.54 Å². The lowest BCUT2D eigenvalue weighted by molar-refractivity contribution is 0.259. The number of nitrogens with one attached hydrogen (secondary N) is 2. The first-order chi connectivity index (χ1) is 12.1. The molecule has 0 radical (unpaired) electrons. The molecule has 1 aromatic carbocycles. The highest BCUT2D eigenvalue weighted by Gasteiger charge is 2.32. The van der Waals surface area contributed by atoms with Crippen LogP contribution in [-0.4, -0.2) is 5.54 Å². The van der Waals surface area contributed by atoms with Gasteiger partial charge < -0.3 is 10.6 Å². The zero-order valence-corrected chi connectivity index (χ0v) is 17.7. The third-order valence-electron chi connectivity index (χ3n) is 4.10. The Labute approximate surface area is 164 Å². The summed E-state index contributed by atoms with van der Waals surface area (Å²) in [5.74, 6) is -0.201. The molecule has 0 aliphatic carbocycles. The van der Waals surface area contributed by atoms with E-state index in [1.807, 2.05) is 12.1 Å². The number of thioether (sulfide) groups is 1. The largest absolute Gasteiger partial charge is 0.373 e. The van der Waals surface area contributed by atoms with E-state index in [9.17, 15) is 4.39 Å². The molecule has 0 bridgehead atoms. The van der Waals surface area contributed by atoms with E-state index >= 15 is 0 Å². The molecule has 0 saturated carbocycles. The molecule has 3 rings (SSSR count). The molecule has 0 spiro atoms. The zero-order chi connectivity index (χ0) is 18.9. The van der Waals surface area contributed by atoms with E-state index in [0.29, 0.717) is 0 Å². The fourth-order valence-electron chi connectivity index (χ4n) is 3.56. The summed E-state index contributed by atoms with van der Waals surface area (Å²) in [5.41, 5.74) is 2.44. The summed E-state index contributed by atoms with van der Waals surface area (Å²) in [5, 5.41) is 10.7. The number of hydrogen-bond acceptors (Lipinski definition) is 4. The molecule has 140 valence electrons. The highest BCUT2D eigenvalue weighted by Crippen LogP contribution is 2.44. The lowest BCUT2D eigenvalue weighted by Crippen LogP contribution is -2.41. The van der Waals surface area contributed by atoms with Crippen LogP contribution >= 0.6 is 23.1 Å². The Morgan fingerprint density at radius 3 is 2.35 bits per heavy atom. The molecular formula is C21H27FN2S2. The second-order valence-corrected chi connectivity index (χ2v) is 10.7. The molecule has 1 aromatic heterocycles. The Morgan fingerprint density at radius 2 is 1.77 bits per heavy atom. The first-order valence-electron chi connectivity index (χ1n) is 8.88. The molecule has 2 N–H and O–H groups in total. The average molecular weight is 391 g/mol. The summed E-state index contributed by atoms with van der Waals surface area (Å²) in [6.45, 7) is 11.3. The normalized spacial score (nSPS) is 18.2. The van der Waals surface area contributed by atoms with Crippen molar-refractivity contribution in [3.8, 4) is 0 Å². The summed E-state index contributed by atoms with van der Waals surface area (Å²) in [7, 11) is 0. The van der Waals surface area contributed by atoms with Crippen molar-refractivity contribution in [2.75, 3.05) is 0 Å². The second-order valence-electron chi connectivity index (χ2n) is 8.62. The molecule has 0 saturated heterocycles. The van der Waals surface area contributed by atoms with Gasteiger partial charge in [0.1, 0.15) is 11.2 Å². The maximum Gasteiger partial charge on any atom is 0.123 e. The molecule has 2 aromatic rings. The van der Waals surface area contributed by atoms with E-state index in [1.165, 1.54) is 17.0 Å². The van der Waals surface area contributed by atoms with Crippen molar-refractivity contribution in [3.05, 3.63) is 63.1 Å². The van der Waals surface area contributed by atoms with Crippen LogP contribution in [0.1, 0.15) is 56.9 Å². The van der Waals surface area contributed by atoms with Gasteiger partial charge in [-0.25, -0.2) is 4.39 Å². The first kappa shape index (κ1) is 19.3. The van der Waals surface area contributed by atoms with E-state index in [1.54, 1.807) is 23.1 Å². The van der Waals surface area contributed by atoms with Gasteiger partial charge in [-0.1, -0.05) is 50.7 Å². The molecule has 1 atom stereocenters. The number of thiophene rings is 1. The number of halogens is 1. The Hall–Kier alpha value is -1.46. The van der Waals surface area contributed by atoms with Crippen molar-refractivity contribution < 1.29 is 4.39 Å². The Morgan fingerprint density at radius 1 is 1.08 bits per heavy atom. The lowest BCUT2D eigenvalue weighted by Gasteiger charge is -2.34. The zero-order valence-electron chi connectivity index (χ0n) is 16.0. The van der Waals surface area contributed by atoms with Crippen LogP contribution < -0.4 is 10.6 Å². The molecule has 1 unspecified atom stereocenters. The molecule has 26 heavy (non-hydrogen) atoms. The standard InChI is InChI=1S/C21H27FN2S2/c1-20(2,3)13-21(4,5)24-19-17(16-7-6-12-25-16)23-18(26-19)14-8-10-15(22)11-9-14/h6-12,18,23-24H,13H2,1-5H3. The van der Waals surface area contributed by atoms with E-state index in [0.717, 1.165) is 22.7 Å². The van der Waals surface area contributed by atoms with Crippen LogP contribution in [0.15, 0.2) is 46.8 Å². The number of rotatable bonds is 5. The van der Waals surface area contributed by atoms with Gasteiger partial charge in [-0.15, -0.1) is 11.3 Å². The van der Waals surface area contributed by atoms with E-state index in [2.05, 4.69) is 62.8 Å². The molecule has 5 heteroatoms. The Kier molecular flexibility index (Phi) is 5.40. The lowest BCUT2D eigenvalue weighted by atomic mass is 9.82. The van der Waals surface area contributed by atoms with Gasteiger partial charge in [0.05, 0.1) is 15.6 Å². The summed E-state index contributed by atoms with van der Waals surface area (Å²) in [6.07, 6.45) is 1.06. The monoisotopic (exact) mass is 390 g/mol. The maximum absolute atomic E-state index is 13.3. The smallest absolute Gasteiger partial charge is 0.123 e. The van der Waals surface area contributed by atoms with Gasteiger partial charge >= 0.3 is 0 Å². The van der Waals surface area contributed by atoms with E-state index < -0.39 is 0 Å². The van der Waals surface area contributed by atoms with Crippen molar-refractivity contribution in [2.24, 2.45) is 5.41 Å². The van der Waals surface area contributed by atoms with Crippen molar-refractivity contribution in [1.82, 2.24) is 10.6 Å². The number of hydrogen-bond donors (Lipinski definition) is 2. The maximum atomic E-state index is 13.3. The quantitative estimate of drug-likeness (QED) is 0.622. The highest BCUT2D eigenvalue weighted by molar-refractivity contribution is 8.03. The molecule has 2 nitrogen and oxygen atoms in total. The fraction of sp³-hybridized carbons (Fsp3) is 0.429. The van der Waals surface area contributed by atoms with Crippen molar-refractivity contribution in [2.45, 2.75) is 52.0 Å². The summed E-state index contributed by atoms with van der Waals surface area (Å²) < 4.78 is 13.3. The van der Waals surface area contributed by atoms with Gasteiger partial charge in [0.2, 0.25) is 0 Å². The average Bonchev–Trinajstić information content (AvgIpc) is 3.14. The van der Waals surface area contributed by atoms with Crippen molar-refractivity contribution in [1.29, 1.82) is 0 Å². The van der Waals surface area contributed by atoms with Crippen LogP contribution in [0.5, 0.6) is 0 Å². The molecule has 0 fully saturated rings. The predicted molar refractivity (Wildman–Crippen MR) is 112 cm³/mol. The molecule has 1 aliphatic rings. The van der Waals surface area contributed by atoms with E-state index in [-0.39, 0.29) is 22.1 Å². The first-order valence-corrected chi connectivity index (χ1v) is 10.6. The Balaban J connectivity index is 1.86. The van der Waals surface area contributed by atoms with Crippen LogP contribution in [0.4, 0.5) is 4.39 Å². The van der Waals surface area contributed by atoms with Gasteiger partial charge in [0.15, 0.2) is 0 Å². The van der Waals surface area contributed by atoms with E-state index in [4.69, 9.17) is 0 Å². The van der Waals surface area contributed by atoms with Crippen molar-refractivity contribution in [3.63, 3.8) is 0 Å². The molecular weight excluding hydrogens is 363 g/mol. The van der Waals surface area contributed by atoms with Crippen LogP contribution in [0, 0.1) is 11.2 Å².